The van der Waals surface area contributed by atoms with Gasteiger partial charge in [0.25, 0.3) is 5.91 Å². The lowest BCUT2D eigenvalue weighted by Crippen LogP contribution is -2.44. The summed E-state index contributed by atoms with van der Waals surface area (Å²) in [5.41, 5.74) is 4.77. The molecule has 2 fully saturated rings. The van der Waals surface area contributed by atoms with Crippen LogP contribution in [-0.4, -0.2) is 35.5 Å². The summed E-state index contributed by atoms with van der Waals surface area (Å²) in [6.07, 6.45) is 3.59. The van der Waals surface area contributed by atoms with E-state index >= 15 is 0 Å². The van der Waals surface area contributed by atoms with Crippen molar-refractivity contribution in [2.75, 3.05) is 13.1 Å². The molecule has 1 saturated carbocycles. The molecule has 2 rings (SSSR count). The molecule has 14 heavy (non-hydrogen) atoms. The minimum Gasteiger partial charge on any atom is -0.329 e. The summed E-state index contributed by atoms with van der Waals surface area (Å²) >= 11 is 0. The number of nitrogens with one attached hydrogen (secondary N) is 1. The van der Waals surface area contributed by atoms with Crippen LogP contribution in [0.1, 0.15) is 25.7 Å². The molecular formula is C9H15N3O2. The molecule has 3 N–H and O–H groups in total. The Balaban J connectivity index is 2.18. The largest absolute Gasteiger partial charge is 0.329 e. The third-order valence-corrected chi connectivity index (χ3v) is 3.06. The van der Waals surface area contributed by atoms with E-state index in [-0.39, 0.29) is 11.9 Å². The predicted molar refractivity (Wildman–Crippen MR) is 50.5 cm³/mol. The second-order valence-electron chi connectivity index (χ2n) is 3.96. The molecule has 0 aromatic heterocycles. The van der Waals surface area contributed by atoms with E-state index in [1.807, 2.05) is 0 Å². The lowest BCUT2D eigenvalue weighted by molar-refractivity contribution is -0.131. The van der Waals surface area contributed by atoms with Gasteiger partial charge in [-0.2, -0.15) is 0 Å². The molecule has 0 atom stereocenters. The molecule has 1 saturated heterocycles. The van der Waals surface area contributed by atoms with Crippen LogP contribution in [0.25, 0.3) is 0 Å². The Morgan fingerprint density at radius 2 is 2.00 bits per heavy atom. The number of carbonyl (C=O) groups excluding carboxylic acids is 2. The quantitative estimate of drug-likeness (QED) is 0.602. The zero-order chi connectivity index (χ0) is 10.2. The van der Waals surface area contributed by atoms with Gasteiger partial charge >= 0.3 is 6.03 Å². The highest BCUT2D eigenvalue weighted by Gasteiger charge is 2.51. The van der Waals surface area contributed by atoms with Crippen molar-refractivity contribution >= 4 is 11.9 Å². The van der Waals surface area contributed by atoms with Gasteiger partial charge in [-0.1, -0.05) is 12.8 Å². The molecule has 1 aliphatic carbocycles. The summed E-state index contributed by atoms with van der Waals surface area (Å²) in [5, 5.41) is 2.80. The van der Waals surface area contributed by atoms with E-state index in [1.165, 1.54) is 4.90 Å². The van der Waals surface area contributed by atoms with Crippen molar-refractivity contribution in [3.63, 3.8) is 0 Å². The molecule has 1 aliphatic heterocycles. The van der Waals surface area contributed by atoms with Crippen molar-refractivity contribution < 1.29 is 9.59 Å². The van der Waals surface area contributed by atoms with Crippen LogP contribution in [0, 0.1) is 0 Å². The van der Waals surface area contributed by atoms with Crippen LogP contribution in [-0.2, 0) is 4.79 Å². The molecule has 78 valence electrons. The Bertz CT molecular complexity index is 271. The van der Waals surface area contributed by atoms with E-state index in [1.54, 1.807) is 0 Å². The molecule has 1 spiro atoms. The summed E-state index contributed by atoms with van der Waals surface area (Å²) in [5.74, 6) is -0.0783. The topological polar surface area (TPSA) is 75.4 Å². The highest BCUT2D eigenvalue weighted by molar-refractivity contribution is 6.07. The van der Waals surface area contributed by atoms with Gasteiger partial charge in [0.15, 0.2) is 0 Å². The maximum absolute atomic E-state index is 11.9. The smallest absolute Gasteiger partial charge is 0.325 e. The molecule has 0 unspecified atom stereocenters. The molecule has 0 radical (unpaired) electrons. The third-order valence-electron chi connectivity index (χ3n) is 3.06. The Kier molecular flexibility index (Phi) is 2.19. The van der Waals surface area contributed by atoms with E-state index in [4.69, 9.17) is 5.73 Å². The average Bonchev–Trinajstić information content (AvgIpc) is 2.69. The number of nitrogens with zero attached hydrogens (tertiary/aromatic N) is 1. The number of hydrogen-bond donors (Lipinski definition) is 2. The van der Waals surface area contributed by atoms with Gasteiger partial charge < -0.3 is 11.1 Å². The van der Waals surface area contributed by atoms with Gasteiger partial charge in [-0.15, -0.1) is 0 Å². The summed E-state index contributed by atoms with van der Waals surface area (Å²) in [4.78, 5) is 24.6. The Labute approximate surface area is 82.6 Å². The molecule has 3 amide bonds. The first kappa shape index (κ1) is 9.45. The number of imide groups is 1. The zero-order valence-electron chi connectivity index (χ0n) is 8.08. The fourth-order valence-electron chi connectivity index (χ4n) is 2.33. The van der Waals surface area contributed by atoms with Gasteiger partial charge in [0.2, 0.25) is 0 Å². The molecule has 0 aromatic carbocycles. The van der Waals surface area contributed by atoms with Crippen LogP contribution in [0.2, 0.25) is 0 Å². The van der Waals surface area contributed by atoms with Gasteiger partial charge in [-0.25, -0.2) is 4.79 Å². The van der Waals surface area contributed by atoms with E-state index < -0.39 is 5.54 Å². The van der Waals surface area contributed by atoms with Gasteiger partial charge in [0.05, 0.1) is 0 Å². The zero-order valence-corrected chi connectivity index (χ0v) is 8.08. The number of nitrogens with two attached hydrogens (primary N) is 1. The maximum atomic E-state index is 11.9. The van der Waals surface area contributed by atoms with Crippen molar-refractivity contribution in [2.24, 2.45) is 5.73 Å². The summed E-state index contributed by atoms with van der Waals surface area (Å²) in [6, 6.07) is -0.276. The van der Waals surface area contributed by atoms with E-state index in [0.29, 0.717) is 13.1 Å². The van der Waals surface area contributed by atoms with Crippen molar-refractivity contribution in [1.82, 2.24) is 10.2 Å². The molecule has 5 heteroatoms. The molecule has 2 aliphatic rings. The lowest BCUT2D eigenvalue weighted by Gasteiger charge is -2.19. The Hall–Kier alpha value is -1.10. The first-order chi connectivity index (χ1) is 6.69. The number of amides is 3. The minimum atomic E-state index is -0.577. The highest BCUT2D eigenvalue weighted by Crippen LogP contribution is 2.34. The number of rotatable bonds is 2. The number of urea groups is 1. The summed E-state index contributed by atoms with van der Waals surface area (Å²) < 4.78 is 0. The molecular weight excluding hydrogens is 182 g/mol. The highest BCUT2D eigenvalue weighted by atomic mass is 16.2. The lowest BCUT2D eigenvalue weighted by atomic mass is 9.98. The fourth-order valence-corrected chi connectivity index (χ4v) is 2.33. The molecule has 1 heterocycles. The standard InChI is InChI=1S/C9H15N3O2/c10-5-6-12-7(13)9(11-8(12)14)3-1-2-4-9/h1-6,10H2,(H,11,14). The van der Waals surface area contributed by atoms with Gasteiger partial charge in [-0.3, -0.25) is 9.69 Å². The summed E-state index contributed by atoms with van der Waals surface area (Å²) in [6.45, 7) is 0.654. The van der Waals surface area contributed by atoms with Crippen LogP contribution < -0.4 is 11.1 Å². The van der Waals surface area contributed by atoms with E-state index in [2.05, 4.69) is 5.32 Å². The predicted octanol–water partition coefficient (Wildman–Crippen LogP) is -0.190. The van der Waals surface area contributed by atoms with E-state index in [9.17, 15) is 9.59 Å². The average molecular weight is 197 g/mol. The maximum Gasteiger partial charge on any atom is 0.325 e. The fraction of sp³-hybridized carbons (Fsp3) is 0.778. The first-order valence-corrected chi connectivity index (χ1v) is 5.04. The van der Waals surface area contributed by atoms with E-state index in [0.717, 1.165) is 25.7 Å². The van der Waals surface area contributed by atoms with Crippen LogP contribution in [0.5, 0.6) is 0 Å². The summed E-state index contributed by atoms with van der Waals surface area (Å²) in [7, 11) is 0. The van der Waals surface area contributed by atoms with Crippen LogP contribution >= 0.6 is 0 Å². The van der Waals surface area contributed by atoms with Crippen LogP contribution in [0.4, 0.5) is 4.79 Å². The first-order valence-electron chi connectivity index (χ1n) is 5.04. The third kappa shape index (κ3) is 1.19. The second-order valence-corrected chi connectivity index (χ2v) is 3.96. The van der Waals surface area contributed by atoms with Gasteiger partial charge in [0.1, 0.15) is 5.54 Å². The SMILES string of the molecule is NCCN1C(=O)NC2(CCCC2)C1=O. The minimum absolute atomic E-state index is 0.0783. The van der Waals surface area contributed by atoms with Crippen molar-refractivity contribution in [3.05, 3.63) is 0 Å². The van der Waals surface area contributed by atoms with Crippen molar-refractivity contribution in [3.8, 4) is 0 Å². The Morgan fingerprint density at radius 1 is 1.36 bits per heavy atom. The van der Waals surface area contributed by atoms with Gasteiger partial charge in [0, 0.05) is 13.1 Å². The second kappa shape index (κ2) is 3.24. The molecule has 0 bridgehead atoms. The molecule has 5 nitrogen and oxygen atoms in total. The monoisotopic (exact) mass is 197 g/mol. The van der Waals surface area contributed by atoms with Gasteiger partial charge in [-0.05, 0) is 12.8 Å². The Morgan fingerprint density at radius 3 is 2.57 bits per heavy atom. The van der Waals surface area contributed by atoms with Crippen molar-refractivity contribution in [2.45, 2.75) is 31.2 Å². The number of carbonyl (C=O) groups is 2. The van der Waals surface area contributed by atoms with Crippen molar-refractivity contribution in [1.29, 1.82) is 0 Å². The van der Waals surface area contributed by atoms with Crippen LogP contribution in [0.3, 0.4) is 0 Å². The number of hydrogen-bond acceptors (Lipinski definition) is 3. The normalized spacial score (nSPS) is 24.8. The van der Waals surface area contributed by atoms with Crippen LogP contribution in [0.15, 0.2) is 0 Å². The molecule has 0 aromatic rings.